The van der Waals surface area contributed by atoms with Crippen molar-refractivity contribution >= 4 is 51.4 Å². The van der Waals surface area contributed by atoms with Gasteiger partial charge >= 0.3 is 49.4 Å². The molecule has 0 rings (SSSR count). The van der Waals surface area contributed by atoms with E-state index in [4.69, 9.17) is 0 Å². The summed E-state index contributed by atoms with van der Waals surface area (Å²) in [6.07, 6.45) is 0. The first-order chi connectivity index (χ1) is 10.1. The van der Waals surface area contributed by atoms with Crippen LogP contribution in [0.15, 0.2) is 9.98 Å². The van der Waals surface area contributed by atoms with E-state index in [-0.39, 0.29) is 21.7 Å². The van der Waals surface area contributed by atoms with Crippen molar-refractivity contribution in [1.82, 2.24) is 0 Å². The second-order valence-corrected chi connectivity index (χ2v) is 20.0. The second-order valence-electron chi connectivity index (χ2n) is 8.18. The van der Waals surface area contributed by atoms with Crippen LogP contribution in [0.3, 0.4) is 0 Å². The molecule has 0 heterocycles. The van der Waals surface area contributed by atoms with Gasteiger partial charge in [0.25, 0.3) is 0 Å². The Labute approximate surface area is 174 Å². The van der Waals surface area contributed by atoms with Gasteiger partial charge in [-0.3, -0.25) is 9.98 Å². The quantitative estimate of drug-likeness (QED) is 0.245. The summed E-state index contributed by atoms with van der Waals surface area (Å²) < 4.78 is 0. The molecule has 137 valence electrons. The molecule has 0 N–H and O–H groups in total. The van der Waals surface area contributed by atoms with E-state index in [0.717, 1.165) is 0 Å². The van der Waals surface area contributed by atoms with Gasteiger partial charge in [-0.15, -0.1) is 0 Å². The maximum absolute atomic E-state index is 4.47. The number of hydrogen-bond donors (Lipinski definition) is 0. The Kier molecular flexibility index (Phi) is 11.5. The molecule has 5 heteroatoms. The molecule has 0 aliphatic rings. The van der Waals surface area contributed by atoms with Crippen LogP contribution in [0, 0.1) is 21.7 Å². The first-order valence-corrected chi connectivity index (χ1v) is 16.9. The second kappa shape index (κ2) is 9.91. The average Bonchev–Trinajstić information content (AvgIpc) is 2.45. The van der Waals surface area contributed by atoms with Crippen molar-refractivity contribution in [3.63, 3.8) is 0 Å². The normalized spacial score (nSPS) is 15.0. The van der Waals surface area contributed by atoms with Crippen molar-refractivity contribution in [1.29, 1.82) is 0 Å². The summed E-state index contributed by atoms with van der Waals surface area (Å²) >= 11 is 4.74. The van der Waals surface area contributed by atoms with Gasteiger partial charge in [-0.25, -0.2) is 0 Å². The third-order valence-corrected chi connectivity index (χ3v) is 7.17. The fourth-order valence-corrected chi connectivity index (χ4v) is 3.03. The fourth-order valence-electron chi connectivity index (χ4n) is 3.03. The first kappa shape index (κ1) is 26.6. The molecule has 0 aromatic carbocycles. The van der Waals surface area contributed by atoms with Crippen molar-refractivity contribution in [3.05, 3.63) is 0 Å². The fraction of sp³-hybridized carbons (Fsp3) is 0.889. The van der Waals surface area contributed by atoms with Crippen LogP contribution in [0.25, 0.3) is 0 Å². The molecule has 0 aliphatic heterocycles. The van der Waals surface area contributed by atoms with E-state index in [2.05, 4.69) is 119 Å². The molecule has 0 aromatic heterocycles. The zero-order valence-corrected chi connectivity index (χ0v) is 22.8. The summed E-state index contributed by atoms with van der Waals surface area (Å²) in [4.78, 5) is 8.95. The van der Waals surface area contributed by atoms with Gasteiger partial charge in [0, 0.05) is 36.3 Å². The standard InChI is InChI=1S/C18H36N2.2HI.V/c1-13(19-11)15(3,4)17(7,8)18(9,10)16(5,6)14(2)20-12;;;/h1-12H3;2*1H;/q;;;+2/p-2. The van der Waals surface area contributed by atoms with Crippen molar-refractivity contribution in [2.24, 2.45) is 31.6 Å². The summed E-state index contributed by atoms with van der Waals surface area (Å²) in [5.41, 5.74) is 2.60. The number of nitrogens with zero attached hydrogens (tertiary/aromatic N) is 2. The maximum atomic E-state index is 4.47. The Bertz CT molecular complexity index is 396. The van der Waals surface area contributed by atoms with Crippen LogP contribution in [0.1, 0.15) is 69.2 Å². The van der Waals surface area contributed by atoms with Crippen LogP contribution in [-0.4, -0.2) is 25.5 Å². The van der Waals surface area contributed by atoms with Gasteiger partial charge in [0.15, 0.2) is 0 Å². The average molecular weight is 585 g/mol. The Hall–Kier alpha value is 1.38. The van der Waals surface area contributed by atoms with Gasteiger partial charge in [0.1, 0.15) is 0 Å². The summed E-state index contributed by atoms with van der Waals surface area (Å²) in [5, 5.41) is 0. The van der Waals surface area contributed by atoms with Crippen molar-refractivity contribution in [2.45, 2.75) is 69.2 Å². The number of halogens is 2. The van der Waals surface area contributed by atoms with Gasteiger partial charge in [0.2, 0.25) is 0 Å². The zero-order chi connectivity index (χ0) is 19.3. The molecule has 0 bridgehead atoms. The van der Waals surface area contributed by atoms with Gasteiger partial charge in [0.05, 0.1) is 0 Å². The molecule has 0 spiro atoms. The molecule has 0 saturated carbocycles. The van der Waals surface area contributed by atoms with Crippen LogP contribution >= 0.6 is 40.0 Å². The van der Waals surface area contributed by atoms with Crippen molar-refractivity contribution in [3.8, 4) is 0 Å². The molecule has 2 nitrogen and oxygen atoms in total. The van der Waals surface area contributed by atoms with Crippen LogP contribution < -0.4 is 0 Å². The first-order valence-electron chi connectivity index (χ1n) is 7.93. The van der Waals surface area contributed by atoms with Crippen molar-refractivity contribution in [2.75, 3.05) is 14.1 Å². The Balaban J connectivity index is 0. The minimum atomic E-state index is 0.0243. The zero-order valence-electron chi connectivity index (χ0n) is 17.1. The molecule has 0 atom stereocenters. The third-order valence-electron chi connectivity index (χ3n) is 7.17. The molecular weight excluding hydrogens is 549 g/mol. The summed E-state index contributed by atoms with van der Waals surface area (Å²) in [7, 11) is 4.41. The number of hydrogen-bond acceptors (Lipinski definition) is 2. The Morgan fingerprint density at radius 2 is 0.826 bits per heavy atom. The van der Waals surface area contributed by atoms with Gasteiger partial charge in [-0.2, -0.15) is 0 Å². The van der Waals surface area contributed by atoms with Crippen LogP contribution in [0.4, 0.5) is 0 Å². The van der Waals surface area contributed by atoms with Crippen molar-refractivity contribution < 1.29 is 9.47 Å². The van der Waals surface area contributed by atoms with E-state index in [1.807, 2.05) is 14.1 Å². The van der Waals surface area contributed by atoms with Crippen LogP contribution in [0.2, 0.25) is 0 Å². The summed E-state index contributed by atoms with van der Waals surface area (Å²) in [6.45, 7) is 23.0. The van der Waals surface area contributed by atoms with Gasteiger partial charge < -0.3 is 0 Å². The van der Waals surface area contributed by atoms with E-state index in [0.29, 0.717) is 9.47 Å². The molecule has 0 unspecified atom stereocenters. The Morgan fingerprint density at radius 1 is 0.652 bits per heavy atom. The minimum absolute atomic E-state index is 0.0243. The monoisotopic (exact) mass is 585 g/mol. The molecular formula is C18H36I2N2V. The number of rotatable bonds is 5. The van der Waals surface area contributed by atoms with Crippen LogP contribution in [0.5, 0.6) is 0 Å². The SMILES string of the molecule is CN=C(C)C(C)(C)C(C)(C)C(C)(C)C(C)(C)C(C)=NC.[I][V][I]. The Morgan fingerprint density at radius 3 is 0.957 bits per heavy atom. The molecule has 0 saturated heterocycles. The van der Waals surface area contributed by atoms with Gasteiger partial charge in [-0.05, 0) is 24.7 Å². The molecule has 0 amide bonds. The molecule has 0 aliphatic carbocycles. The molecule has 0 fully saturated rings. The van der Waals surface area contributed by atoms with Crippen LogP contribution in [-0.2, 0) is 9.47 Å². The van der Waals surface area contributed by atoms with E-state index < -0.39 is 0 Å². The predicted octanol–water partition coefficient (Wildman–Crippen LogP) is 7.04. The van der Waals surface area contributed by atoms with E-state index in [1.165, 1.54) is 11.4 Å². The summed E-state index contributed by atoms with van der Waals surface area (Å²) in [6, 6.07) is 0. The predicted molar refractivity (Wildman–Crippen MR) is 121 cm³/mol. The molecule has 23 heavy (non-hydrogen) atoms. The topological polar surface area (TPSA) is 24.7 Å². The van der Waals surface area contributed by atoms with E-state index in [9.17, 15) is 0 Å². The molecule has 0 aromatic rings. The summed E-state index contributed by atoms with van der Waals surface area (Å²) in [5.74, 6) is 0. The third kappa shape index (κ3) is 5.43. The van der Waals surface area contributed by atoms with E-state index in [1.54, 1.807) is 0 Å². The number of aliphatic imine (C=N–C) groups is 2. The van der Waals surface area contributed by atoms with E-state index >= 15 is 0 Å². The van der Waals surface area contributed by atoms with Gasteiger partial charge in [-0.1, -0.05) is 55.4 Å². The molecule has 0 radical (unpaired) electrons.